The van der Waals surface area contributed by atoms with Gasteiger partial charge in [-0.15, -0.1) is 0 Å². The minimum absolute atomic E-state index is 0.0313. The predicted molar refractivity (Wildman–Crippen MR) is 111 cm³/mol. The van der Waals surface area contributed by atoms with Gasteiger partial charge in [0.05, 0.1) is 11.6 Å². The van der Waals surface area contributed by atoms with Crippen LogP contribution in [0, 0.1) is 13.8 Å². The summed E-state index contributed by atoms with van der Waals surface area (Å²) in [5.41, 5.74) is 2.85. The molecule has 2 aliphatic rings. The Balaban J connectivity index is 1.40. The van der Waals surface area contributed by atoms with Crippen LogP contribution in [0.4, 0.5) is 16.4 Å². The maximum Gasteiger partial charge on any atom is 0.323 e. The van der Waals surface area contributed by atoms with Crippen LogP contribution in [0.1, 0.15) is 28.4 Å². The van der Waals surface area contributed by atoms with Crippen LogP contribution in [0.3, 0.4) is 0 Å². The van der Waals surface area contributed by atoms with E-state index in [1.54, 1.807) is 23.2 Å². The summed E-state index contributed by atoms with van der Waals surface area (Å²) in [6, 6.07) is 5.52. The fraction of sp³-hybridized carbons (Fsp3) is 0.429. The monoisotopic (exact) mass is 394 g/mol. The summed E-state index contributed by atoms with van der Waals surface area (Å²) >= 11 is 0. The van der Waals surface area contributed by atoms with Gasteiger partial charge in [0.25, 0.3) is 5.91 Å². The molecule has 1 unspecified atom stereocenters. The van der Waals surface area contributed by atoms with Crippen LogP contribution < -0.4 is 15.1 Å². The van der Waals surface area contributed by atoms with Gasteiger partial charge < -0.3 is 15.1 Å². The van der Waals surface area contributed by atoms with Crippen LogP contribution in [0.25, 0.3) is 0 Å². The van der Waals surface area contributed by atoms with Crippen molar-refractivity contribution >= 4 is 23.6 Å². The second-order valence-corrected chi connectivity index (χ2v) is 7.74. The standard InChI is InChI=1S/C21H26N6O2/c1-14-10-15(2)19(23-11-14)25-6-8-26(9-7-25)20(28)17-4-5-18(22-13-17)27-16(3)12-24-21(27)29/h4-5,10-11,13,16H,6-9,12H2,1-3H3,(H,24,29). The molecule has 29 heavy (non-hydrogen) atoms. The Kier molecular flexibility index (Phi) is 5.08. The van der Waals surface area contributed by atoms with Crippen molar-refractivity contribution in [2.45, 2.75) is 26.8 Å². The fourth-order valence-electron chi connectivity index (χ4n) is 3.94. The smallest absolute Gasteiger partial charge is 0.323 e. The maximum atomic E-state index is 12.9. The number of piperazine rings is 1. The summed E-state index contributed by atoms with van der Waals surface area (Å²) in [7, 11) is 0. The van der Waals surface area contributed by atoms with E-state index in [1.165, 1.54) is 0 Å². The Hall–Kier alpha value is -3.16. The van der Waals surface area contributed by atoms with E-state index in [-0.39, 0.29) is 18.0 Å². The fourth-order valence-corrected chi connectivity index (χ4v) is 3.94. The average molecular weight is 394 g/mol. The molecule has 0 aromatic carbocycles. The number of nitrogens with zero attached hydrogens (tertiary/aromatic N) is 5. The van der Waals surface area contributed by atoms with Gasteiger partial charge in [-0.2, -0.15) is 0 Å². The Labute approximate surface area is 170 Å². The second-order valence-electron chi connectivity index (χ2n) is 7.74. The number of anilines is 2. The quantitative estimate of drug-likeness (QED) is 0.861. The molecule has 2 saturated heterocycles. The van der Waals surface area contributed by atoms with Crippen molar-refractivity contribution in [2.24, 2.45) is 0 Å². The lowest BCUT2D eigenvalue weighted by atomic mass is 10.2. The van der Waals surface area contributed by atoms with E-state index in [2.05, 4.69) is 33.2 Å². The van der Waals surface area contributed by atoms with Crippen LogP contribution in [-0.4, -0.2) is 65.6 Å². The van der Waals surface area contributed by atoms with Crippen molar-refractivity contribution in [1.82, 2.24) is 20.2 Å². The molecule has 2 aliphatic heterocycles. The van der Waals surface area contributed by atoms with Gasteiger partial charge in [-0.25, -0.2) is 14.8 Å². The van der Waals surface area contributed by atoms with E-state index in [1.807, 2.05) is 24.9 Å². The van der Waals surface area contributed by atoms with Crippen molar-refractivity contribution in [3.63, 3.8) is 0 Å². The zero-order valence-electron chi connectivity index (χ0n) is 17.1. The van der Waals surface area contributed by atoms with E-state index in [0.717, 1.165) is 30.0 Å². The van der Waals surface area contributed by atoms with Gasteiger partial charge in [-0.1, -0.05) is 6.07 Å². The SMILES string of the molecule is Cc1cnc(N2CCN(C(=O)c3ccc(N4C(=O)NCC4C)nc3)CC2)c(C)c1. The van der Waals surface area contributed by atoms with Gasteiger partial charge in [-0.3, -0.25) is 9.69 Å². The van der Waals surface area contributed by atoms with E-state index in [4.69, 9.17) is 0 Å². The molecular formula is C21H26N6O2. The average Bonchev–Trinajstić information content (AvgIpc) is 3.06. The molecule has 3 amide bonds. The van der Waals surface area contributed by atoms with Gasteiger partial charge in [0.1, 0.15) is 11.6 Å². The molecule has 4 heterocycles. The minimum atomic E-state index is -0.153. The molecule has 1 N–H and O–H groups in total. The highest BCUT2D eigenvalue weighted by Gasteiger charge is 2.30. The molecule has 1 atom stereocenters. The molecule has 8 heteroatoms. The predicted octanol–water partition coefficient (Wildman–Crippen LogP) is 1.97. The van der Waals surface area contributed by atoms with Crippen molar-refractivity contribution in [2.75, 3.05) is 42.5 Å². The highest BCUT2D eigenvalue weighted by Crippen LogP contribution is 2.21. The maximum absolute atomic E-state index is 12.9. The van der Waals surface area contributed by atoms with Gasteiger partial charge in [-0.05, 0) is 44.0 Å². The second kappa shape index (κ2) is 7.69. The van der Waals surface area contributed by atoms with Crippen LogP contribution in [0.5, 0.6) is 0 Å². The van der Waals surface area contributed by atoms with Crippen LogP contribution >= 0.6 is 0 Å². The Bertz CT molecular complexity index is 921. The van der Waals surface area contributed by atoms with E-state index in [9.17, 15) is 9.59 Å². The lowest BCUT2D eigenvalue weighted by molar-refractivity contribution is 0.0746. The van der Waals surface area contributed by atoms with Crippen LogP contribution in [0.15, 0.2) is 30.6 Å². The number of nitrogens with one attached hydrogen (secondary N) is 1. The number of urea groups is 1. The molecule has 8 nitrogen and oxygen atoms in total. The summed E-state index contributed by atoms with van der Waals surface area (Å²) < 4.78 is 0. The lowest BCUT2D eigenvalue weighted by Crippen LogP contribution is -2.49. The summed E-state index contributed by atoms with van der Waals surface area (Å²) in [6.45, 7) is 9.45. The first-order valence-corrected chi connectivity index (χ1v) is 9.94. The third kappa shape index (κ3) is 3.74. The van der Waals surface area contributed by atoms with Gasteiger partial charge in [0.15, 0.2) is 0 Å². The molecule has 0 radical (unpaired) electrons. The molecule has 2 aromatic heterocycles. The number of hydrogen-bond acceptors (Lipinski definition) is 5. The first kappa shape index (κ1) is 19.2. The number of amides is 3. The number of aryl methyl sites for hydroxylation is 2. The minimum Gasteiger partial charge on any atom is -0.353 e. The number of hydrogen-bond donors (Lipinski definition) is 1. The lowest BCUT2D eigenvalue weighted by Gasteiger charge is -2.36. The van der Waals surface area contributed by atoms with E-state index >= 15 is 0 Å². The first-order valence-electron chi connectivity index (χ1n) is 9.94. The third-order valence-electron chi connectivity index (χ3n) is 5.50. The molecule has 2 aromatic rings. The largest absolute Gasteiger partial charge is 0.353 e. The zero-order valence-corrected chi connectivity index (χ0v) is 17.1. The Morgan fingerprint density at radius 2 is 1.86 bits per heavy atom. The highest BCUT2D eigenvalue weighted by molar-refractivity contribution is 5.96. The number of carbonyl (C=O) groups excluding carboxylic acids is 2. The van der Waals surface area contributed by atoms with Crippen LogP contribution in [-0.2, 0) is 0 Å². The number of aromatic nitrogens is 2. The molecule has 0 bridgehead atoms. The van der Waals surface area contributed by atoms with E-state index in [0.29, 0.717) is 31.0 Å². The molecule has 2 fully saturated rings. The summed E-state index contributed by atoms with van der Waals surface area (Å²) in [5, 5.41) is 2.79. The van der Waals surface area contributed by atoms with Gasteiger partial charge in [0.2, 0.25) is 0 Å². The van der Waals surface area contributed by atoms with Crippen molar-refractivity contribution in [3.05, 3.63) is 47.3 Å². The van der Waals surface area contributed by atoms with Gasteiger partial charge >= 0.3 is 6.03 Å². The Morgan fingerprint density at radius 3 is 2.45 bits per heavy atom. The molecule has 4 rings (SSSR count). The van der Waals surface area contributed by atoms with Crippen molar-refractivity contribution < 1.29 is 9.59 Å². The van der Waals surface area contributed by atoms with Crippen molar-refractivity contribution in [1.29, 1.82) is 0 Å². The molecule has 0 aliphatic carbocycles. The zero-order chi connectivity index (χ0) is 20.5. The summed E-state index contributed by atoms with van der Waals surface area (Å²) in [4.78, 5) is 39.4. The van der Waals surface area contributed by atoms with E-state index < -0.39 is 0 Å². The van der Waals surface area contributed by atoms with Gasteiger partial charge in [0, 0.05) is 45.1 Å². The molecule has 0 saturated carbocycles. The van der Waals surface area contributed by atoms with Crippen molar-refractivity contribution in [3.8, 4) is 0 Å². The molecule has 0 spiro atoms. The summed E-state index contributed by atoms with van der Waals surface area (Å²) in [5.74, 6) is 1.53. The number of carbonyl (C=O) groups is 2. The Morgan fingerprint density at radius 1 is 1.10 bits per heavy atom. The van der Waals surface area contributed by atoms with Crippen LogP contribution in [0.2, 0.25) is 0 Å². The topological polar surface area (TPSA) is 81.7 Å². The number of rotatable bonds is 3. The highest BCUT2D eigenvalue weighted by atomic mass is 16.2. The first-order chi connectivity index (χ1) is 13.9. The number of pyridine rings is 2. The molecule has 152 valence electrons. The summed E-state index contributed by atoms with van der Waals surface area (Å²) in [6.07, 6.45) is 3.45. The molecular weight excluding hydrogens is 368 g/mol. The third-order valence-corrected chi connectivity index (χ3v) is 5.50. The normalized spacial score (nSPS) is 19.5.